The van der Waals surface area contributed by atoms with E-state index in [9.17, 15) is 0 Å². The summed E-state index contributed by atoms with van der Waals surface area (Å²) in [5.74, 6) is 0. The van der Waals surface area contributed by atoms with Crippen LogP contribution in [-0.2, 0) is 6.42 Å². The molecule has 0 heterocycles. The van der Waals surface area contributed by atoms with Crippen LogP contribution in [-0.4, -0.2) is 6.04 Å². The van der Waals surface area contributed by atoms with Crippen LogP contribution in [0.5, 0.6) is 0 Å². The average Bonchev–Trinajstić information content (AvgIpc) is 2.06. The van der Waals surface area contributed by atoms with E-state index in [4.69, 9.17) is 5.73 Å². The molecule has 2 N–H and O–H groups in total. The van der Waals surface area contributed by atoms with E-state index in [1.54, 1.807) is 0 Å². The lowest BCUT2D eigenvalue weighted by molar-refractivity contribution is 0.617. The molecule has 0 bridgehead atoms. The molecule has 1 nitrogen and oxygen atoms in total. The van der Waals surface area contributed by atoms with Gasteiger partial charge in [-0.05, 0) is 18.4 Å². The second-order valence-corrected chi connectivity index (χ2v) is 3.09. The molecule has 1 aromatic carbocycles. The molecule has 0 fully saturated rings. The summed E-state index contributed by atoms with van der Waals surface area (Å²) in [6.07, 6.45) is 2.90. The Hall–Kier alpha value is -0.820. The molecule has 1 unspecified atom stereocenters. The van der Waals surface area contributed by atoms with Gasteiger partial charge in [0.1, 0.15) is 0 Å². The molecule has 1 atom stereocenters. The lowest BCUT2D eigenvalue weighted by Gasteiger charge is -2.09. The van der Waals surface area contributed by atoms with Crippen molar-refractivity contribution < 1.29 is 0 Å². The molecule has 1 rings (SSSR count). The molecule has 0 aromatic heterocycles. The van der Waals surface area contributed by atoms with E-state index in [-0.39, 0.29) is 6.04 Å². The van der Waals surface area contributed by atoms with Gasteiger partial charge in [-0.2, -0.15) is 0 Å². The highest BCUT2D eigenvalue weighted by Crippen LogP contribution is 2.04. The largest absolute Gasteiger partial charge is 0.327 e. The molecule has 0 saturated carbocycles. The molecule has 65 valence electrons. The Bertz CT molecular complexity index is 206. The Kier molecular flexibility index (Phi) is 3.81. The summed E-state index contributed by atoms with van der Waals surface area (Å²) in [5, 5.41) is 0. The summed E-state index contributed by atoms with van der Waals surface area (Å²) in [6.45, 7) is 3.79. The second-order valence-electron chi connectivity index (χ2n) is 3.09. The highest BCUT2D eigenvalue weighted by atomic mass is 14.6. The van der Waals surface area contributed by atoms with E-state index in [1.807, 2.05) is 18.2 Å². The van der Waals surface area contributed by atoms with Gasteiger partial charge in [0.2, 0.25) is 0 Å². The van der Waals surface area contributed by atoms with Crippen molar-refractivity contribution in [3.05, 3.63) is 42.8 Å². The molecular formula is C11H16N. The van der Waals surface area contributed by atoms with Crippen molar-refractivity contribution >= 4 is 0 Å². The zero-order valence-electron chi connectivity index (χ0n) is 7.37. The highest BCUT2D eigenvalue weighted by molar-refractivity contribution is 5.15. The summed E-state index contributed by atoms with van der Waals surface area (Å²) in [5.41, 5.74) is 7.19. The topological polar surface area (TPSA) is 26.0 Å². The Morgan fingerprint density at radius 2 is 1.92 bits per heavy atom. The third kappa shape index (κ3) is 3.05. The van der Waals surface area contributed by atoms with Gasteiger partial charge in [-0.3, -0.25) is 0 Å². The second kappa shape index (κ2) is 4.94. The fourth-order valence-electron chi connectivity index (χ4n) is 1.28. The van der Waals surface area contributed by atoms with Gasteiger partial charge >= 0.3 is 0 Å². The van der Waals surface area contributed by atoms with Crippen molar-refractivity contribution in [3.8, 4) is 0 Å². The molecule has 0 aliphatic carbocycles. The summed E-state index contributed by atoms with van der Waals surface area (Å²) < 4.78 is 0. The van der Waals surface area contributed by atoms with Crippen LogP contribution in [0.3, 0.4) is 0 Å². The fourth-order valence-corrected chi connectivity index (χ4v) is 1.28. The Morgan fingerprint density at radius 3 is 2.50 bits per heavy atom. The maximum Gasteiger partial charge on any atom is 0.00793 e. The molecule has 0 amide bonds. The lowest BCUT2D eigenvalue weighted by atomic mass is 10.0. The fraction of sp³-hybridized carbons (Fsp3) is 0.364. The molecular weight excluding hydrogens is 146 g/mol. The number of hydrogen-bond acceptors (Lipinski definition) is 1. The van der Waals surface area contributed by atoms with Gasteiger partial charge in [0.05, 0.1) is 0 Å². The van der Waals surface area contributed by atoms with Crippen molar-refractivity contribution in [2.45, 2.75) is 25.3 Å². The minimum absolute atomic E-state index is 0.268. The third-order valence-corrected chi connectivity index (χ3v) is 1.92. The SMILES string of the molecule is [CH2]CCC(N)Cc1ccccc1. The van der Waals surface area contributed by atoms with Gasteiger partial charge in [0, 0.05) is 6.04 Å². The molecule has 0 saturated heterocycles. The Labute approximate surface area is 74.6 Å². The predicted molar refractivity (Wildman–Crippen MR) is 52.7 cm³/mol. The average molecular weight is 162 g/mol. The standard InChI is InChI=1S/C11H16N/c1-2-6-11(12)9-10-7-4-3-5-8-10/h3-5,7-8,11H,1-2,6,9,12H2. The number of rotatable bonds is 4. The van der Waals surface area contributed by atoms with Crippen LogP contribution in [0.2, 0.25) is 0 Å². The minimum atomic E-state index is 0.268. The molecule has 12 heavy (non-hydrogen) atoms. The van der Waals surface area contributed by atoms with Gasteiger partial charge in [0.15, 0.2) is 0 Å². The third-order valence-electron chi connectivity index (χ3n) is 1.92. The van der Waals surface area contributed by atoms with E-state index < -0.39 is 0 Å². The van der Waals surface area contributed by atoms with Gasteiger partial charge in [0.25, 0.3) is 0 Å². The maximum atomic E-state index is 5.88. The summed E-state index contributed by atoms with van der Waals surface area (Å²) in [6, 6.07) is 10.6. The van der Waals surface area contributed by atoms with Crippen LogP contribution in [0.1, 0.15) is 18.4 Å². The van der Waals surface area contributed by atoms with Crippen LogP contribution in [0, 0.1) is 6.92 Å². The molecule has 1 heteroatoms. The van der Waals surface area contributed by atoms with Crippen LogP contribution in [0.15, 0.2) is 30.3 Å². The van der Waals surface area contributed by atoms with E-state index in [2.05, 4.69) is 19.1 Å². The first-order valence-corrected chi connectivity index (χ1v) is 4.41. The summed E-state index contributed by atoms with van der Waals surface area (Å²) in [4.78, 5) is 0. The van der Waals surface area contributed by atoms with Crippen molar-refractivity contribution in [1.29, 1.82) is 0 Å². The van der Waals surface area contributed by atoms with E-state index in [0.717, 1.165) is 19.3 Å². The van der Waals surface area contributed by atoms with E-state index in [1.165, 1.54) is 5.56 Å². The molecule has 0 spiro atoms. The Morgan fingerprint density at radius 1 is 1.25 bits per heavy atom. The predicted octanol–water partition coefficient (Wildman–Crippen LogP) is 2.17. The summed E-state index contributed by atoms with van der Waals surface area (Å²) >= 11 is 0. The zero-order valence-corrected chi connectivity index (χ0v) is 7.37. The monoisotopic (exact) mass is 162 g/mol. The van der Waals surface area contributed by atoms with Crippen LogP contribution >= 0.6 is 0 Å². The van der Waals surface area contributed by atoms with E-state index >= 15 is 0 Å². The Balaban J connectivity index is 2.41. The lowest BCUT2D eigenvalue weighted by Crippen LogP contribution is -2.22. The molecule has 1 aromatic rings. The van der Waals surface area contributed by atoms with Crippen molar-refractivity contribution in [3.63, 3.8) is 0 Å². The first kappa shape index (κ1) is 9.27. The molecule has 0 aliphatic rings. The van der Waals surface area contributed by atoms with Crippen LogP contribution in [0.25, 0.3) is 0 Å². The van der Waals surface area contributed by atoms with Gasteiger partial charge in [-0.25, -0.2) is 0 Å². The smallest absolute Gasteiger partial charge is 0.00793 e. The quantitative estimate of drug-likeness (QED) is 0.721. The minimum Gasteiger partial charge on any atom is -0.327 e. The zero-order chi connectivity index (χ0) is 8.81. The van der Waals surface area contributed by atoms with Crippen molar-refractivity contribution in [2.75, 3.05) is 0 Å². The molecule has 0 aliphatic heterocycles. The van der Waals surface area contributed by atoms with Gasteiger partial charge in [-0.1, -0.05) is 43.7 Å². The first-order chi connectivity index (χ1) is 5.83. The van der Waals surface area contributed by atoms with Gasteiger partial charge in [-0.15, -0.1) is 0 Å². The maximum absolute atomic E-state index is 5.88. The van der Waals surface area contributed by atoms with Crippen molar-refractivity contribution in [2.24, 2.45) is 5.73 Å². The highest BCUT2D eigenvalue weighted by Gasteiger charge is 2.01. The van der Waals surface area contributed by atoms with E-state index in [0.29, 0.717) is 0 Å². The van der Waals surface area contributed by atoms with Crippen LogP contribution < -0.4 is 5.73 Å². The van der Waals surface area contributed by atoms with Crippen molar-refractivity contribution in [1.82, 2.24) is 0 Å². The number of benzene rings is 1. The van der Waals surface area contributed by atoms with Crippen LogP contribution in [0.4, 0.5) is 0 Å². The molecule has 1 radical (unpaired) electrons. The number of nitrogens with two attached hydrogens (primary N) is 1. The first-order valence-electron chi connectivity index (χ1n) is 4.41. The summed E-state index contributed by atoms with van der Waals surface area (Å²) in [7, 11) is 0. The normalized spacial score (nSPS) is 12.8. The number of hydrogen-bond donors (Lipinski definition) is 1. The van der Waals surface area contributed by atoms with Gasteiger partial charge < -0.3 is 5.73 Å².